The van der Waals surface area contributed by atoms with Gasteiger partial charge in [-0.05, 0) is 18.6 Å². The van der Waals surface area contributed by atoms with E-state index in [0.29, 0.717) is 18.0 Å². The minimum Gasteiger partial charge on any atom is -0.493 e. The number of ether oxygens (including phenoxy) is 2. The number of benzene rings is 1. The molecule has 2 N–H and O–H groups in total. The van der Waals surface area contributed by atoms with Crippen LogP contribution in [0, 0.1) is 0 Å². The van der Waals surface area contributed by atoms with Gasteiger partial charge in [0.25, 0.3) is 0 Å². The Morgan fingerprint density at radius 2 is 2.09 bits per heavy atom. The topological polar surface area (TPSA) is 77.4 Å². The molecule has 0 saturated carbocycles. The molecule has 1 heterocycles. The maximum Gasteiger partial charge on any atom is 0.317 e. The zero-order valence-corrected chi connectivity index (χ0v) is 12.5. The Balaban J connectivity index is 1.59. The van der Waals surface area contributed by atoms with E-state index < -0.39 is 0 Å². The van der Waals surface area contributed by atoms with Gasteiger partial charge in [0, 0.05) is 25.5 Å². The van der Waals surface area contributed by atoms with E-state index in [4.69, 9.17) is 9.47 Å². The number of hydrogen-bond acceptors (Lipinski definition) is 4. The van der Waals surface area contributed by atoms with Crippen LogP contribution >= 0.6 is 0 Å². The highest BCUT2D eigenvalue weighted by Crippen LogP contribution is 2.25. The summed E-state index contributed by atoms with van der Waals surface area (Å²) < 4.78 is 12.6. The Labute approximate surface area is 129 Å². The Morgan fingerprint density at radius 1 is 1.27 bits per heavy atom. The fraction of sp³-hybridized carbons (Fsp3) is 0.333. The van der Waals surface area contributed by atoms with Gasteiger partial charge in [-0.25, -0.2) is 9.78 Å². The molecule has 0 unspecified atom stereocenters. The molecule has 0 bridgehead atoms. The SMILES string of the molecule is COc1ccccc1OCNC(=O)NCCCn1ccnc1. The summed E-state index contributed by atoms with van der Waals surface area (Å²) in [5.74, 6) is 1.22. The van der Waals surface area contributed by atoms with E-state index in [-0.39, 0.29) is 12.8 Å². The van der Waals surface area contributed by atoms with Crippen LogP contribution in [-0.4, -0.2) is 36.0 Å². The predicted molar refractivity (Wildman–Crippen MR) is 81.9 cm³/mol. The lowest BCUT2D eigenvalue weighted by molar-refractivity contribution is 0.221. The normalized spacial score (nSPS) is 10.0. The van der Waals surface area contributed by atoms with Gasteiger partial charge in [0.2, 0.25) is 0 Å². The van der Waals surface area contributed by atoms with E-state index in [1.165, 1.54) is 0 Å². The minimum atomic E-state index is -0.263. The highest BCUT2D eigenvalue weighted by Gasteiger charge is 2.03. The minimum absolute atomic E-state index is 0.0771. The standard InChI is InChI=1S/C15H20N4O3/c1-21-13-5-2-3-6-14(13)22-12-18-15(20)17-7-4-9-19-10-8-16-11-19/h2-3,5-6,8,10-11H,4,7,9,12H2,1H3,(H2,17,18,20). The summed E-state index contributed by atoms with van der Waals surface area (Å²) in [5.41, 5.74) is 0. The smallest absolute Gasteiger partial charge is 0.317 e. The van der Waals surface area contributed by atoms with Gasteiger partial charge in [-0.2, -0.15) is 0 Å². The molecule has 0 saturated heterocycles. The number of nitrogens with one attached hydrogen (secondary N) is 2. The van der Waals surface area contributed by atoms with Crippen LogP contribution in [0.15, 0.2) is 43.0 Å². The summed E-state index contributed by atoms with van der Waals surface area (Å²) in [4.78, 5) is 15.6. The van der Waals surface area contributed by atoms with Crippen molar-refractivity contribution in [3.8, 4) is 11.5 Å². The number of urea groups is 1. The van der Waals surface area contributed by atoms with E-state index in [2.05, 4.69) is 15.6 Å². The number of carbonyl (C=O) groups is 1. The van der Waals surface area contributed by atoms with Crippen molar-refractivity contribution in [1.29, 1.82) is 0 Å². The van der Waals surface area contributed by atoms with E-state index >= 15 is 0 Å². The number of aryl methyl sites for hydroxylation is 1. The van der Waals surface area contributed by atoms with Crippen LogP contribution in [0.4, 0.5) is 4.79 Å². The van der Waals surface area contributed by atoms with Gasteiger partial charge in [0.05, 0.1) is 13.4 Å². The second kappa shape index (κ2) is 8.56. The van der Waals surface area contributed by atoms with Gasteiger partial charge < -0.3 is 24.7 Å². The monoisotopic (exact) mass is 304 g/mol. The first-order valence-corrected chi connectivity index (χ1v) is 7.03. The first-order chi connectivity index (χ1) is 10.8. The summed E-state index contributed by atoms with van der Waals surface area (Å²) in [5, 5.41) is 5.39. The number of hydrogen-bond donors (Lipinski definition) is 2. The lowest BCUT2D eigenvalue weighted by atomic mass is 10.3. The molecular weight excluding hydrogens is 284 g/mol. The van der Waals surface area contributed by atoms with Crippen molar-refractivity contribution in [3.05, 3.63) is 43.0 Å². The first-order valence-electron chi connectivity index (χ1n) is 7.03. The van der Waals surface area contributed by atoms with Gasteiger partial charge >= 0.3 is 6.03 Å². The number of imidazole rings is 1. The highest BCUT2D eigenvalue weighted by atomic mass is 16.5. The van der Waals surface area contributed by atoms with Crippen molar-refractivity contribution in [2.75, 3.05) is 20.4 Å². The van der Waals surface area contributed by atoms with Gasteiger partial charge in [0.1, 0.15) is 0 Å². The van der Waals surface area contributed by atoms with E-state index in [1.807, 2.05) is 22.9 Å². The number of para-hydroxylation sites is 2. The molecule has 0 spiro atoms. The molecule has 0 radical (unpaired) electrons. The number of amides is 2. The number of aromatic nitrogens is 2. The Morgan fingerprint density at radius 3 is 2.82 bits per heavy atom. The van der Waals surface area contributed by atoms with Crippen LogP contribution in [0.25, 0.3) is 0 Å². The van der Waals surface area contributed by atoms with E-state index in [1.54, 1.807) is 31.8 Å². The Kier molecular flexibility index (Phi) is 6.10. The molecule has 0 aliphatic carbocycles. The highest BCUT2D eigenvalue weighted by molar-refractivity contribution is 5.73. The Bertz CT molecular complexity index is 572. The van der Waals surface area contributed by atoms with Crippen molar-refractivity contribution in [1.82, 2.24) is 20.2 Å². The molecule has 2 aromatic rings. The third-order valence-electron chi connectivity index (χ3n) is 2.97. The van der Waals surface area contributed by atoms with E-state index in [0.717, 1.165) is 13.0 Å². The lowest BCUT2D eigenvalue weighted by Gasteiger charge is -2.11. The Hall–Kier alpha value is -2.70. The molecule has 2 amide bonds. The van der Waals surface area contributed by atoms with Crippen molar-refractivity contribution < 1.29 is 14.3 Å². The van der Waals surface area contributed by atoms with Gasteiger partial charge in [-0.3, -0.25) is 0 Å². The summed E-state index contributed by atoms with van der Waals surface area (Å²) in [7, 11) is 1.57. The summed E-state index contributed by atoms with van der Waals surface area (Å²) in [6.07, 6.45) is 6.20. The fourth-order valence-corrected chi connectivity index (χ4v) is 1.86. The molecule has 1 aromatic carbocycles. The molecular formula is C15H20N4O3. The predicted octanol–water partition coefficient (Wildman–Crippen LogP) is 1.62. The summed E-state index contributed by atoms with van der Waals surface area (Å²) in [6.45, 7) is 1.48. The molecule has 2 rings (SSSR count). The largest absolute Gasteiger partial charge is 0.493 e. The fourth-order valence-electron chi connectivity index (χ4n) is 1.86. The zero-order valence-electron chi connectivity index (χ0n) is 12.5. The maximum atomic E-state index is 11.6. The molecule has 22 heavy (non-hydrogen) atoms. The first kappa shape index (κ1) is 15.7. The van der Waals surface area contributed by atoms with Crippen LogP contribution in [0.2, 0.25) is 0 Å². The number of methoxy groups -OCH3 is 1. The third-order valence-corrected chi connectivity index (χ3v) is 2.97. The average Bonchev–Trinajstić information content (AvgIpc) is 3.05. The second-order valence-corrected chi connectivity index (χ2v) is 4.53. The van der Waals surface area contributed by atoms with Crippen LogP contribution < -0.4 is 20.1 Å². The molecule has 0 fully saturated rings. The van der Waals surface area contributed by atoms with Crippen LogP contribution in [0.5, 0.6) is 11.5 Å². The van der Waals surface area contributed by atoms with Crippen molar-refractivity contribution in [2.24, 2.45) is 0 Å². The van der Waals surface area contributed by atoms with Crippen molar-refractivity contribution in [2.45, 2.75) is 13.0 Å². The molecule has 118 valence electrons. The second-order valence-electron chi connectivity index (χ2n) is 4.53. The van der Waals surface area contributed by atoms with Gasteiger partial charge in [-0.1, -0.05) is 12.1 Å². The lowest BCUT2D eigenvalue weighted by Crippen LogP contribution is -2.38. The molecule has 7 heteroatoms. The van der Waals surface area contributed by atoms with Crippen molar-refractivity contribution in [3.63, 3.8) is 0 Å². The summed E-state index contributed by atoms with van der Waals surface area (Å²) >= 11 is 0. The number of rotatable bonds is 8. The van der Waals surface area contributed by atoms with Crippen LogP contribution in [0.1, 0.15) is 6.42 Å². The zero-order chi connectivity index (χ0) is 15.6. The molecule has 7 nitrogen and oxygen atoms in total. The molecule has 0 atom stereocenters. The quantitative estimate of drug-likeness (QED) is 0.574. The average molecular weight is 304 g/mol. The molecule has 0 aliphatic rings. The summed E-state index contributed by atoms with van der Waals surface area (Å²) in [6, 6.07) is 7.01. The van der Waals surface area contributed by atoms with Crippen molar-refractivity contribution >= 4 is 6.03 Å². The van der Waals surface area contributed by atoms with Gasteiger partial charge in [-0.15, -0.1) is 0 Å². The number of nitrogens with zero attached hydrogens (tertiary/aromatic N) is 2. The van der Waals surface area contributed by atoms with E-state index in [9.17, 15) is 4.79 Å². The number of carbonyl (C=O) groups excluding carboxylic acids is 1. The van der Waals surface area contributed by atoms with Crippen LogP contribution in [0.3, 0.4) is 0 Å². The van der Waals surface area contributed by atoms with Gasteiger partial charge in [0.15, 0.2) is 18.2 Å². The van der Waals surface area contributed by atoms with Crippen LogP contribution in [-0.2, 0) is 6.54 Å². The maximum absolute atomic E-state index is 11.6. The molecule has 1 aromatic heterocycles. The third kappa shape index (κ3) is 5.01. The molecule has 0 aliphatic heterocycles.